The van der Waals surface area contributed by atoms with Crippen LogP contribution in [0.1, 0.15) is 35.3 Å². The number of imidazole rings is 1. The smallest absolute Gasteiger partial charge is 0.272 e. The molecule has 0 saturated carbocycles. The summed E-state index contributed by atoms with van der Waals surface area (Å²) in [7, 11) is 0. The Morgan fingerprint density at radius 2 is 1.96 bits per heavy atom. The second-order valence-electron chi connectivity index (χ2n) is 6.49. The number of aryl methyl sites for hydroxylation is 1. The standard InChI is InChI=1S/C19H19ClN4O/c1-13-9-15(14-5-6-21-17(20)10-14)18-22-11-16(24(18)12-13)19(25)23-7-3-2-4-8-23/h5-6,9-12H,2-4,7-8H2,1H3. The van der Waals surface area contributed by atoms with Crippen molar-refractivity contribution in [2.45, 2.75) is 26.2 Å². The Morgan fingerprint density at radius 3 is 2.72 bits per heavy atom. The normalized spacial score (nSPS) is 14.9. The van der Waals surface area contributed by atoms with Gasteiger partial charge in [-0.3, -0.25) is 9.20 Å². The number of aromatic nitrogens is 3. The molecule has 5 nitrogen and oxygen atoms in total. The van der Waals surface area contributed by atoms with E-state index >= 15 is 0 Å². The maximum absolute atomic E-state index is 12.9. The van der Waals surface area contributed by atoms with Gasteiger partial charge in [-0.25, -0.2) is 9.97 Å². The van der Waals surface area contributed by atoms with Crippen LogP contribution >= 0.6 is 11.6 Å². The predicted octanol–water partition coefficient (Wildman–Crippen LogP) is 3.98. The molecule has 3 aromatic rings. The fourth-order valence-corrected chi connectivity index (χ4v) is 3.60. The summed E-state index contributed by atoms with van der Waals surface area (Å²) in [6.45, 7) is 3.66. The number of carbonyl (C=O) groups is 1. The number of rotatable bonds is 2. The first-order chi connectivity index (χ1) is 12.1. The third-order valence-corrected chi connectivity index (χ3v) is 4.85. The van der Waals surface area contributed by atoms with Gasteiger partial charge in [-0.1, -0.05) is 11.6 Å². The number of hydrogen-bond donors (Lipinski definition) is 0. The highest BCUT2D eigenvalue weighted by molar-refractivity contribution is 6.29. The number of carbonyl (C=O) groups excluding carboxylic acids is 1. The van der Waals surface area contributed by atoms with E-state index in [4.69, 9.17) is 11.6 Å². The molecule has 1 saturated heterocycles. The summed E-state index contributed by atoms with van der Waals surface area (Å²) in [5, 5.41) is 0.438. The Balaban J connectivity index is 1.82. The van der Waals surface area contributed by atoms with E-state index in [0.717, 1.165) is 48.3 Å². The van der Waals surface area contributed by atoms with E-state index in [1.807, 2.05) is 34.6 Å². The molecule has 0 radical (unpaired) electrons. The first-order valence-electron chi connectivity index (χ1n) is 8.52. The van der Waals surface area contributed by atoms with Gasteiger partial charge in [0.1, 0.15) is 16.5 Å². The third-order valence-electron chi connectivity index (χ3n) is 4.64. The van der Waals surface area contributed by atoms with Crippen molar-refractivity contribution >= 4 is 23.2 Å². The number of likely N-dealkylation sites (tertiary alicyclic amines) is 1. The second kappa shape index (κ2) is 6.48. The molecular weight excluding hydrogens is 336 g/mol. The van der Waals surface area contributed by atoms with Gasteiger partial charge in [0.15, 0.2) is 0 Å². The fourth-order valence-electron chi connectivity index (χ4n) is 3.42. The first-order valence-corrected chi connectivity index (χ1v) is 8.90. The highest BCUT2D eigenvalue weighted by Crippen LogP contribution is 2.27. The Bertz CT molecular complexity index is 944. The van der Waals surface area contributed by atoms with E-state index in [2.05, 4.69) is 16.0 Å². The van der Waals surface area contributed by atoms with Crippen LogP contribution in [-0.4, -0.2) is 38.3 Å². The SMILES string of the molecule is Cc1cc(-c2ccnc(Cl)c2)c2ncc(C(=O)N3CCCCC3)n2c1. The molecule has 1 aliphatic rings. The van der Waals surface area contributed by atoms with Gasteiger partial charge in [0.05, 0.1) is 6.20 Å². The molecule has 1 amide bonds. The number of fused-ring (bicyclic) bond motifs is 1. The van der Waals surface area contributed by atoms with Crippen LogP contribution in [0.5, 0.6) is 0 Å². The van der Waals surface area contributed by atoms with Crippen molar-refractivity contribution < 1.29 is 4.79 Å². The van der Waals surface area contributed by atoms with Crippen molar-refractivity contribution in [1.82, 2.24) is 19.3 Å². The van der Waals surface area contributed by atoms with Crippen LogP contribution in [0.25, 0.3) is 16.8 Å². The fraction of sp³-hybridized carbons (Fsp3) is 0.316. The molecule has 0 bridgehead atoms. The monoisotopic (exact) mass is 354 g/mol. The molecule has 4 heterocycles. The van der Waals surface area contributed by atoms with Gasteiger partial charge in [-0.15, -0.1) is 0 Å². The van der Waals surface area contributed by atoms with Crippen molar-refractivity contribution in [2.24, 2.45) is 0 Å². The van der Waals surface area contributed by atoms with Crippen LogP contribution in [0.4, 0.5) is 0 Å². The van der Waals surface area contributed by atoms with E-state index in [9.17, 15) is 4.79 Å². The van der Waals surface area contributed by atoms with Crippen molar-refractivity contribution in [3.05, 3.63) is 53.2 Å². The van der Waals surface area contributed by atoms with Gasteiger partial charge in [-0.2, -0.15) is 0 Å². The topological polar surface area (TPSA) is 50.5 Å². The molecule has 0 N–H and O–H groups in total. The van der Waals surface area contributed by atoms with Crippen LogP contribution in [0.3, 0.4) is 0 Å². The van der Waals surface area contributed by atoms with Gasteiger partial charge in [0.2, 0.25) is 0 Å². The first kappa shape index (κ1) is 16.1. The number of pyridine rings is 2. The molecule has 0 spiro atoms. The van der Waals surface area contributed by atoms with Crippen molar-refractivity contribution in [3.63, 3.8) is 0 Å². The van der Waals surface area contributed by atoms with Gasteiger partial charge in [0.25, 0.3) is 5.91 Å². The van der Waals surface area contributed by atoms with Crippen LogP contribution in [0, 0.1) is 6.92 Å². The highest BCUT2D eigenvalue weighted by atomic mass is 35.5. The zero-order chi connectivity index (χ0) is 17.4. The Hall–Kier alpha value is -2.40. The van der Waals surface area contributed by atoms with E-state index in [0.29, 0.717) is 10.8 Å². The number of halogens is 1. The number of amides is 1. The number of hydrogen-bond acceptors (Lipinski definition) is 3. The molecule has 1 aliphatic heterocycles. The molecule has 128 valence electrons. The summed E-state index contributed by atoms with van der Waals surface area (Å²) in [6.07, 6.45) is 8.66. The average molecular weight is 355 g/mol. The van der Waals surface area contributed by atoms with Crippen molar-refractivity contribution in [1.29, 1.82) is 0 Å². The lowest BCUT2D eigenvalue weighted by atomic mass is 10.1. The zero-order valence-corrected chi connectivity index (χ0v) is 14.8. The Kier molecular flexibility index (Phi) is 4.17. The summed E-state index contributed by atoms with van der Waals surface area (Å²) in [5.74, 6) is 0.0523. The van der Waals surface area contributed by atoms with Crippen molar-refractivity contribution in [2.75, 3.05) is 13.1 Å². The summed E-state index contributed by atoms with van der Waals surface area (Å²) >= 11 is 6.04. The summed E-state index contributed by atoms with van der Waals surface area (Å²) in [4.78, 5) is 23.4. The largest absolute Gasteiger partial charge is 0.337 e. The molecule has 6 heteroatoms. The van der Waals surface area contributed by atoms with Gasteiger partial charge in [-0.05, 0) is 55.5 Å². The number of nitrogens with zero attached hydrogens (tertiary/aromatic N) is 4. The summed E-state index contributed by atoms with van der Waals surface area (Å²) in [6, 6.07) is 5.78. The second-order valence-corrected chi connectivity index (χ2v) is 6.88. The Morgan fingerprint density at radius 1 is 1.16 bits per heavy atom. The third kappa shape index (κ3) is 3.00. The molecule has 0 unspecified atom stereocenters. The molecule has 3 aromatic heterocycles. The minimum atomic E-state index is 0.0523. The quantitative estimate of drug-likeness (QED) is 0.654. The van der Waals surface area contributed by atoms with Crippen LogP contribution in [0.2, 0.25) is 5.15 Å². The maximum Gasteiger partial charge on any atom is 0.272 e. The summed E-state index contributed by atoms with van der Waals surface area (Å²) < 4.78 is 1.90. The van der Waals surface area contributed by atoms with E-state index in [-0.39, 0.29) is 5.91 Å². The van der Waals surface area contributed by atoms with Crippen molar-refractivity contribution in [3.8, 4) is 11.1 Å². The Labute approximate surface area is 151 Å². The molecule has 0 atom stereocenters. The van der Waals surface area contributed by atoms with Gasteiger partial charge >= 0.3 is 0 Å². The molecule has 0 aromatic carbocycles. The lowest BCUT2D eigenvalue weighted by Crippen LogP contribution is -2.36. The summed E-state index contributed by atoms with van der Waals surface area (Å²) in [5.41, 5.74) is 4.31. The lowest BCUT2D eigenvalue weighted by molar-refractivity contribution is 0.0717. The molecule has 4 rings (SSSR count). The molecular formula is C19H19ClN4O. The minimum Gasteiger partial charge on any atom is -0.337 e. The van der Waals surface area contributed by atoms with Crippen LogP contribution in [0.15, 0.2) is 36.8 Å². The number of piperidine rings is 1. The van der Waals surface area contributed by atoms with Gasteiger partial charge in [0, 0.05) is 31.0 Å². The van der Waals surface area contributed by atoms with E-state index < -0.39 is 0 Å². The predicted molar refractivity (Wildman–Crippen MR) is 97.9 cm³/mol. The molecule has 0 aliphatic carbocycles. The average Bonchev–Trinajstić information content (AvgIpc) is 3.04. The van der Waals surface area contributed by atoms with E-state index in [1.165, 1.54) is 6.42 Å². The maximum atomic E-state index is 12.9. The zero-order valence-electron chi connectivity index (χ0n) is 14.1. The van der Waals surface area contributed by atoms with E-state index in [1.54, 1.807) is 12.4 Å². The van der Waals surface area contributed by atoms with Crippen LogP contribution < -0.4 is 0 Å². The molecule has 1 fully saturated rings. The van der Waals surface area contributed by atoms with Crippen LogP contribution in [-0.2, 0) is 0 Å². The van der Waals surface area contributed by atoms with Gasteiger partial charge < -0.3 is 4.90 Å². The lowest BCUT2D eigenvalue weighted by Gasteiger charge is -2.26. The molecule has 25 heavy (non-hydrogen) atoms. The minimum absolute atomic E-state index is 0.0523. The highest BCUT2D eigenvalue weighted by Gasteiger charge is 2.22.